The van der Waals surface area contributed by atoms with Crippen molar-refractivity contribution in [2.45, 2.75) is 76.1 Å². The highest BCUT2D eigenvalue weighted by Crippen LogP contribution is 2.61. The summed E-state index contributed by atoms with van der Waals surface area (Å²) in [7, 11) is -4.32. The number of nitrogens with zero attached hydrogens (tertiary/aromatic N) is 3. The van der Waals surface area contributed by atoms with Crippen molar-refractivity contribution in [1.29, 1.82) is 0 Å². The van der Waals surface area contributed by atoms with E-state index in [0.717, 1.165) is 5.56 Å². The van der Waals surface area contributed by atoms with Crippen molar-refractivity contribution in [2.24, 2.45) is 0 Å². The van der Waals surface area contributed by atoms with Crippen molar-refractivity contribution in [2.75, 3.05) is 12.3 Å². The largest absolute Gasteiger partial charge is 0.465 e. The van der Waals surface area contributed by atoms with Gasteiger partial charge in [-0.25, -0.2) is 14.1 Å². The SMILES string of the molecule is CCOC(=O)[C@H](C)N[P@](=O)(Oc1ccc(C(C)(C)C)cc1)OC1[C@H]2O[C@@H](c3ccc4c(N)ncnn34)[C@H](O)[C@@]12O. The first-order valence-corrected chi connectivity index (χ1v) is 14.5. The molecule has 1 aromatic carbocycles. The molecule has 0 spiro atoms. The first kappa shape index (κ1) is 28.5. The van der Waals surface area contributed by atoms with Gasteiger partial charge in [-0.05, 0) is 49.1 Å². The Bertz CT molecular complexity index is 1460. The van der Waals surface area contributed by atoms with Crippen LogP contribution in [0.4, 0.5) is 5.82 Å². The molecule has 1 saturated heterocycles. The number of aliphatic hydroxyl groups excluding tert-OH is 1. The summed E-state index contributed by atoms with van der Waals surface area (Å²) in [6.45, 7) is 9.41. The number of aromatic nitrogens is 3. The van der Waals surface area contributed by atoms with Gasteiger partial charge in [0, 0.05) is 0 Å². The van der Waals surface area contributed by atoms with Gasteiger partial charge in [0.15, 0.2) is 11.4 Å². The van der Waals surface area contributed by atoms with E-state index in [1.807, 2.05) is 12.1 Å². The molecule has 5 N–H and O–H groups in total. The van der Waals surface area contributed by atoms with E-state index in [2.05, 4.69) is 35.9 Å². The van der Waals surface area contributed by atoms with Crippen molar-refractivity contribution in [1.82, 2.24) is 19.7 Å². The van der Waals surface area contributed by atoms with Gasteiger partial charge in [0.25, 0.3) is 0 Å². The maximum Gasteiger partial charge on any atom is 0.459 e. The van der Waals surface area contributed by atoms with E-state index < -0.39 is 49.8 Å². The lowest BCUT2D eigenvalue weighted by molar-refractivity contribution is -0.144. The predicted molar refractivity (Wildman–Crippen MR) is 143 cm³/mol. The van der Waals surface area contributed by atoms with Gasteiger partial charge in [-0.2, -0.15) is 10.2 Å². The molecule has 5 rings (SSSR count). The van der Waals surface area contributed by atoms with Gasteiger partial charge in [-0.1, -0.05) is 32.9 Å². The minimum atomic E-state index is -4.32. The number of ether oxygens (including phenoxy) is 2. The lowest BCUT2D eigenvalue weighted by Crippen LogP contribution is -2.38. The van der Waals surface area contributed by atoms with E-state index in [1.165, 1.54) is 17.8 Å². The molecule has 1 saturated carbocycles. The number of anilines is 1. The normalized spacial score (nSPS) is 28.1. The molecule has 1 unspecified atom stereocenters. The van der Waals surface area contributed by atoms with E-state index in [0.29, 0.717) is 11.2 Å². The summed E-state index contributed by atoms with van der Waals surface area (Å²) in [6, 6.07) is 9.23. The average molecular weight is 576 g/mol. The van der Waals surface area contributed by atoms with Gasteiger partial charge in [-0.3, -0.25) is 9.32 Å². The number of nitrogens with one attached hydrogen (secondary N) is 1. The van der Waals surface area contributed by atoms with E-state index in [4.69, 9.17) is 24.3 Å². The van der Waals surface area contributed by atoms with Crippen molar-refractivity contribution in [3.05, 3.63) is 54.0 Å². The second-order valence-electron chi connectivity index (χ2n) is 11.0. The van der Waals surface area contributed by atoms with Gasteiger partial charge in [0.05, 0.1) is 12.3 Å². The third-order valence-corrected chi connectivity index (χ3v) is 8.78. The van der Waals surface area contributed by atoms with Crippen molar-refractivity contribution < 1.29 is 38.1 Å². The second-order valence-corrected chi connectivity index (χ2v) is 12.6. The zero-order valence-corrected chi connectivity index (χ0v) is 23.7. The Balaban J connectivity index is 1.36. The van der Waals surface area contributed by atoms with Crippen LogP contribution in [0.15, 0.2) is 42.7 Å². The molecule has 2 aromatic heterocycles. The third-order valence-electron chi connectivity index (χ3n) is 7.12. The fourth-order valence-electron chi connectivity index (χ4n) is 4.82. The van der Waals surface area contributed by atoms with Gasteiger partial charge in [0.2, 0.25) is 0 Å². The zero-order chi connectivity index (χ0) is 29.0. The topological polar surface area (TPSA) is 180 Å². The Labute approximate surface area is 231 Å². The third kappa shape index (κ3) is 4.98. The van der Waals surface area contributed by atoms with Gasteiger partial charge >= 0.3 is 13.7 Å². The Kier molecular flexibility index (Phi) is 7.18. The molecule has 13 nitrogen and oxygen atoms in total. The number of benzene rings is 1. The highest BCUT2D eigenvalue weighted by molar-refractivity contribution is 7.52. The lowest BCUT2D eigenvalue weighted by atomic mass is 9.87. The summed E-state index contributed by atoms with van der Waals surface area (Å²) in [5.41, 5.74) is 5.89. The number of carbonyl (C=O) groups excluding carboxylic acids is 1. The Morgan fingerprint density at radius 3 is 2.58 bits per heavy atom. The fourth-order valence-corrected chi connectivity index (χ4v) is 6.54. The minimum absolute atomic E-state index is 0.114. The highest BCUT2D eigenvalue weighted by Gasteiger charge is 2.79. The Morgan fingerprint density at radius 2 is 1.98 bits per heavy atom. The molecule has 7 atom stereocenters. The maximum absolute atomic E-state index is 14.0. The van der Waals surface area contributed by atoms with E-state index in [-0.39, 0.29) is 23.6 Å². The number of carbonyl (C=O) groups is 1. The quantitative estimate of drug-likeness (QED) is 0.216. The smallest absolute Gasteiger partial charge is 0.459 e. The molecule has 2 fully saturated rings. The van der Waals surface area contributed by atoms with Crippen LogP contribution < -0.4 is 15.3 Å². The molecule has 1 aliphatic carbocycles. The van der Waals surface area contributed by atoms with Gasteiger partial charge in [-0.15, -0.1) is 0 Å². The number of fused-ring (bicyclic) bond motifs is 2. The first-order chi connectivity index (χ1) is 18.8. The Morgan fingerprint density at radius 1 is 1.27 bits per heavy atom. The molecule has 3 heterocycles. The average Bonchev–Trinajstić information content (AvgIpc) is 3.16. The molecule has 1 aliphatic heterocycles. The number of nitrogen functional groups attached to an aromatic ring is 1. The maximum atomic E-state index is 14.0. The molecule has 14 heteroatoms. The molecule has 0 radical (unpaired) electrons. The molecule has 3 aromatic rings. The molecule has 40 heavy (non-hydrogen) atoms. The van der Waals surface area contributed by atoms with Crippen LogP contribution >= 0.6 is 7.75 Å². The van der Waals surface area contributed by atoms with Gasteiger partial charge < -0.3 is 29.9 Å². The van der Waals surface area contributed by atoms with Crippen molar-refractivity contribution >= 4 is 25.1 Å². The van der Waals surface area contributed by atoms with E-state index >= 15 is 0 Å². The molecular weight excluding hydrogens is 541 g/mol. The Hall–Kier alpha value is -3.06. The molecule has 0 bridgehead atoms. The van der Waals surface area contributed by atoms with E-state index in [1.54, 1.807) is 31.2 Å². The van der Waals surface area contributed by atoms with Crippen LogP contribution in [0.25, 0.3) is 5.52 Å². The number of aliphatic hydroxyl groups is 2. The van der Waals surface area contributed by atoms with Crippen molar-refractivity contribution in [3.63, 3.8) is 0 Å². The van der Waals surface area contributed by atoms with E-state index in [9.17, 15) is 19.6 Å². The summed E-state index contributed by atoms with van der Waals surface area (Å²) in [4.78, 5) is 16.2. The summed E-state index contributed by atoms with van der Waals surface area (Å²) in [6.07, 6.45) is -3.41. The first-order valence-electron chi connectivity index (χ1n) is 13.0. The van der Waals surface area contributed by atoms with Crippen LogP contribution in [0.1, 0.15) is 52.0 Å². The molecule has 216 valence electrons. The lowest BCUT2D eigenvalue weighted by Gasteiger charge is -2.26. The monoisotopic (exact) mass is 575 g/mol. The van der Waals surface area contributed by atoms with Crippen LogP contribution in [0.3, 0.4) is 0 Å². The number of hydrogen-bond acceptors (Lipinski definition) is 11. The summed E-state index contributed by atoms with van der Waals surface area (Å²) < 4.78 is 38.0. The molecule has 0 amide bonds. The summed E-state index contributed by atoms with van der Waals surface area (Å²) in [5.74, 6) is -0.200. The summed E-state index contributed by atoms with van der Waals surface area (Å²) in [5, 5.41) is 29.2. The minimum Gasteiger partial charge on any atom is -0.465 e. The number of rotatable bonds is 9. The standard InChI is InChI=1S/C26H34N5O8P/c1-6-36-24(33)14(2)30-40(35,38-16-9-7-15(8-10-16)25(3,4)5)39-22-21-26(22,34)20(32)19(37-21)17-11-12-18-23(27)28-13-29-31(17)18/h7-14,19-22,32,34H,6H2,1-5H3,(H,30,35)(H2,27,28,29)/t14-,19-,20-,21+,22?,26-,40-/m0/s1. The van der Waals surface area contributed by atoms with Crippen LogP contribution in [0, 0.1) is 0 Å². The zero-order valence-electron chi connectivity index (χ0n) is 22.8. The number of nitrogens with two attached hydrogens (primary N) is 1. The van der Waals surface area contributed by atoms with Crippen LogP contribution in [0.2, 0.25) is 0 Å². The van der Waals surface area contributed by atoms with Crippen LogP contribution in [-0.2, 0) is 28.8 Å². The fraction of sp³-hybridized carbons (Fsp3) is 0.500. The number of esters is 1. The van der Waals surface area contributed by atoms with Crippen LogP contribution in [0.5, 0.6) is 5.75 Å². The number of hydrogen-bond donors (Lipinski definition) is 4. The van der Waals surface area contributed by atoms with Crippen molar-refractivity contribution in [3.8, 4) is 5.75 Å². The predicted octanol–water partition coefficient (Wildman–Crippen LogP) is 2.27. The highest BCUT2D eigenvalue weighted by atomic mass is 31.2. The second kappa shape index (κ2) is 10.1. The summed E-state index contributed by atoms with van der Waals surface area (Å²) >= 11 is 0. The van der Waals surface area contributed by atoms with Gasteiger partial charge in [0.1, 0.15) is 48.1 Å². The molecule has 2 aliphatic rings. The van der Waals surface area contributed by atoms with Crippen LogP contribution in [-0.4, -0.2) is 67.3 Å². The molecular formula is C26H34N5O8P.